The van der Waals surface area contributed by atoms with Crippen LogP contribution in [-0.4, -0.2) is 58.4 Å². The molecule has 2 atom stereocenters. The van der Waals surface area contributed by atoms with Gasteiger partial charge in [0.25, 0.3) is 11.8 Å². The molecule has 206 valence electrons. The topological polar surface area (TPSA) is 114 Å². The van der Waals surface area contributed by atoms with Gasteiger partial charge in [0.15, 0.2) is 0 Å². The lowest BCUT2D eigenvalue weighted by Crippen LogP contribution is -2.35. The summed E-state index contributed by atoms with van der Waals surface area (Å²) in [6, 6.07) is 18.0. The fourth-order valence-electron chi connectivity index (χ4n) is 4.05. The van der Waals surface area contributed by atoms with E-state index in [9.17, 15) is 19.8 Å². The van der Waals surface area contributed by atoms with Crippen molar-refractivity contribution in [3.63, 3.8) is 0 Å². The number of carbonyl (C=O) groups is 2. The highest BCUT2D eigenvalue weighted by atomic mass is 79.9. The maximum absolute atomic E-state index is 13.0. The third kappa shape index (κ3) is 9.40. The Labute approximate surface area is 237 Å². The maximum atomic E-state index is 13.0. The van der Waals surface area contributed by atoms with Gasteiger partial charge in [0.2, 0.25) is 0 Å². The lowest BCUT2D eigenvalue weighted by Gasteiger charge is -2.25. The second-order valence-corrected chi connectivity index (χ2v) is 10.7. The molecular formula is C30H35BrN4O4. The minimum atomic E-state index is -0.524. The largest absolute Gasteiger partial charge is 0.392 e. The molecule has 3 rings (SSSR count). The lowest BCUT2D eigenvalue weighted by atomic mass is 10.1. The molecular weight excluding hydrogens is 560 g/mol. The molecule has 0 heterocycles. The molecule has 4 N–H and O–H groups in total. The first-order valence-electron chi connectivity index (χ1n) is 12.7. The van der Waals surface area contributed by atoms with Crippen LogP contribution in [0.15, 0.2) is 70.2 Å². The summed E-state index contributed by atoms with van der Waals surface area (Å²) in [5.41, 5.74) is 7.69. The van der Waals surface area contributed by atoms with Crippen LogP contribution in [0.1, 0.15) is 56.8 Å². The zero-order valence-corrected chi connectivity index (χ0v) is 24.2. The van der Waals surface area contributed by atoms with Crippen LogP contribution in [0.2, 0.25) is 0 Å². The van der Waals surface area contributed by atoms with Crippen LogP contribution in [0, 0.1) is 13.8 Å². The van der Waals surface area contributed by atoms with Gasteiger partial charge in [0.05, 0.1) is 29.7 Å². The Bertz CT molecular complexity index is 1310. The van der Waals surface area contributed by atoms with Crippen LogP contribution < -0.4 is 10.7 Å². The number of nitrogens with zero attached hydrogens (tertiary/aromatic N) is 2. The van der Waals surface area contributed by atoms with Crippen molar-refractivity contribution in [3.8, 4) is 0 Å². The van der Waals surface area contributed by atoms with E-state index in [2.05, 4.69) is 31.8 Å². The predicted octanol–water partition coefficient (Wildman–Crippen LogP) is 4.65. The highest BCUT2D eigenvalue weighted by Crippen LogP contribution is 2.22. The molecule has 0 aliphatic carbocycles. The van der Waals surface area contributed by atoms with Gasteiger partial charge in [-0.3, -0.25) is 14.5 Å². The van der Waals surface area contributed by atoms with E-state index in [0.29, 0.717) is 35.4 Å². The Morgan fingerprint density at radius 1 is 0.923 bits per heavy atom. The molecule has 8 nitrogen and oxygen atoms in total. The van der Waals surface area contributed by atoms with Gasteiger partial charge in [0, 0.05) is 29.7 Å². The third-order valence-electron chi connectivity index (χ3n) is 6.05. The molecule has 0 aliphatic rings. The van der Waals surface area contributed by atoms with Crippen LogP contribution in [-0.2, 0) is 6.54 Å². The number of anilines is 1. The Morgan fingerprint density at radius 2 is 1.59 bits per heavy atom. The Hall–Kier alpha value is -3.37. The number of hydrogen-bond acceptors (Lipinski definition) is 6. The molecule has 39 heavy (non-hydrogen) atoms. The number of carbonyl (C=O) groups excluding carboxylic acids is 2. The van der Waals surface area contributed by atoms with E-state index in [4.69, 9.17) is 0 Å². The SMILES string of the molecule is Cc1ccc(/C=N/NC(=O)c2cc(Br)ccc2NC(=O)c2ccc(CN(CC(C)O)CC(C)O)cc2)cc1C. The number of nitrogens with one attached hydrogen (secondary N) is 2. The van der Waals surface area contributed by atoms with Gasteiger partial charge in [-0.05, 0) is 80.3 Å². The van der Waals surface area contributed by atoms with Gasteiger partial charge >= 0.3 is 0 Å². The molecule has 0 bridgehead atoms. The zero-order valence-electron chi connectivity index (χ0n) is 22.6. The second kappa shape index (κ2) is 14.1. The van der Waals surface area contributed by atoms with E-state index in [-0.39, 0.29) is 11.5 Å². The standard InChI is InChI=1S/C30H35BrN4O4/c1-19-5-6-24(13-20(19)2)15-32-34-30(39)27-14-26(31)11-12-28(27)33-29(38)25-9-7-23(8-10-25)18-35(16-21(3)36)17-22(4)37/h5-15,21-22,36-37H,16-18H2,1-4H3,(H,33,38)(H,34,39)/b32-15+. The number of aliphatic hydroxyl groups excluding tert-OH is 2. The number of aliphatic hydroxyl groups is 2. The van der Waals surface area contributed by atoms with Gasteiger partial charge in [-0.2, -0.15) is 5.10 Å². The molecule has 9 heteroatoms. The summed E-state index contributed by atoms with van der Waals surface area (Å²) in [6.45, 7) is 8.83. The molecule has 0 aliphatic heterocycles. The molecule has 0 radical (unpaired) electrons. The van der Waals surface area contributed by atoms with Crippen molar-refractivity contribution in [2.24, 2.45) is 5.10 Å². The lowest BCUT2D eigenvalue weighted by molar-refractivity contribution is 0.0794. The summed E-state index contributed by atoms with van der Waals surface area (Å²) in [6.07, 6.45) is 0.526. The minimum absolute atomic E-state index is 0.262. The van der Waals surface area contributed by atoms with Crippen LogP contribution in [0.5, 0.6) is 0 Å². The summed E-state index contributed by atoms with van der Waals surface area (Å²) in [4.78, 5) is 27.9. The number of aryl methyl sites for hydroxylation is 2. The summed E-state index contributed by atoms with van der Waals surface area (Å²) in [5, 5.41) is 26.4. The first-order chi connectivity index (χ1) is 18.5. The number of benzene rings is 3. The van der Waals surface area contributed by atoms with Crippen LogP contribution >= 0.6 is 15.9 Å². The number of amides is 2. The van der Waals surface area contributed by atoms with E-state index < -0.39 is 18.1 Å². The summed E-state index contributed by atoms with van der Waals surface area (Å²) in [7, 11) is 0. The number of hydrazone groups is 1. The fraction of sp³-hybridized carbons (Fsp3) is 0.300. The average Bonchev–Trinajstić information content (AvgIpc) is 2.86. The first kappa shape index (κ1) is 30.2. The monoisotopic (exact) mass is 594 g/mol. The number of halogens is 1. The normalized spacial score (nSPS) is 12.9. The van der Waals surface area contributed by atoms with E-state index >= 15 is 0 Å². The van der Waals surface area contributed by atoms with Crippen LogP contribution in [0.4, 0.5) is 5.69 Å². The number of rotatable bonds is 11. The third-order valence-corrected chi connectivity index (χ3v) is 6.55. The van der Waals surface area contributed by atoms with Crippen LogP contribution in [0.3, 0.4) is 0 Å². The van der Waals surface area contributed by atoms with Crippen molar-refractivity contribution >= 4 is 39.6 Å². The Kier molecular flexibility index (Phi) is 10.9. The van der Waals surface area contributed by atoms with Gasteiger partial charge in [-0.1, -0.05) is 46.3 Å². The van der Waals surface area contributed by atoms with E-state index in [1.807, 2.05) is 49.1 Å². The molecule has 0 aromatic heterocycles. The maximum Gasteiger partial charge on any atom is 0.273 e. The predicted molar refractivity (Wildman–Crippen MR) is 158 cm³/mol. The van der Waals surface area contributed by atoms with Crippen LogP contribution in [0.25, 0.3) is 0 Å². The Morgan fingerprint density at radius 3 is 2.21 bits per heavy atom. The first-order valence-corrected chi connectivity index (χ1v) is 13.5. The van der Waals surface area contributed by atoms with Gasteiger partial charge in [-0.25, -0.2) is 5.43 Å². The fourth-order valence-corrected chi connectivity index (χ4v) is 4.41. The highest BCUT2D eigenvalue weighted by Gasteiger charge is 2.16. The Balaban J connectivity index is 1.68. The summed E-state index contributed by atoms with van der Waals surface area (Å²) < 4.78 is 0.687. The van der Waals surface area contributed by atoms with Gasteiger partial charge < -0.3 is 15.5 Å². The smallest absolute Gasteiger partial charge is 0.273 e. The molecule has 3 aromatic carbocycles. The number of hydrogen-bond donors (Lipinski definition) is 4. The minimum Gasteiger partial charge on any atom is -0.392 e. The van der Waals surface area contributed by atoms with Crippen molar-refractivity contribution in [3.05, 3.63) is 98.5 Å². The van der Waals surface area contributed by atoms with Crippen molar-refractivity contribution in [2.75, 3.05) is 18.4 Å². The van der Waals surface area contributed by atoms with E-state index in [0.717, 1.165) is 16.7 Å². The molecule has 2 amide bonds. The molecule has 0 saturated carbocycles. The van der Waals surface area contributed by atoms with Crippen molar-refractivity contribution < 1.29 is 19.8 Å². The molecule has 0 fully saturated rings. The molecule has 0 saturated heterocycles. The molecule has 3 aromatic rings. The summed E-state index contributed by atoms with van der Waals surface area (Å²) in [5.74, 6) is -0.820. The van der Waals surface area contributed by atoms with Crippen molar-refractivity contribution in [2.45, 2.75) is 46.4 Å². The van der Waals surface area contributed by atoms with Gasteiger partial charge in [0.1, 0.15) is 0 Å². The molecule has 0 spiro atoms. The quantitative estimate of drug-likeness (QED) is 0.191. The summed E-state index contributed by atoms with van der Waals surface area (Å²) >= 11 is 3.39. The average molecular weight is 596 g/mol. The van der Waals surface area contributed by atoms with Crippen molar-refractivity contribution in [1.82, 2.24) is 10.3 Å². The second-order valence-electron chi connectivity index (χ2n) is 9.78. The van der Waals surface area contributed by atoms with Gasteiger partial charge in [-0.15, -0.1) is 0 Å². The van der Waals surface area contributed by atoms with E-state index in [1.165, 1.54) is 5.56 Å². The molecule has 2 unspecified atom stereocenters. The zero-order chi connectivity index (χ0) is 28.5. The highest BCUT2D eigenvalue weighted by molar-refractivity contribution is 9.10. The van der Waals surface area contributed by atoms with E-state index in [1.54, 1.807) is 50.4 Å². The van der Waals surface area contributed by atoms with Crippen molar-refractivity contribution in [1.29, 1.82) is 0 Å².